The van der Waals surface area contributed by atoms with Crippen LogP contribution in [0.4, 0.5) is 5.69 Å². The Bertz CT molecular complexity index is 1220. The Labute approximate surface area is 205 Å². The lowest BCUT2D eigenvalue weighted by molar-refractivity contribution is -0.124. The molecule has 2 heterocycles. The Morgan fingerprint density at radius 3 is 2.26 bits per heavy atom. The number of allylic oxidation sites excluding steroid dienone is 1. The van der Waals surface area contributed by atoms with E-state index in [9.17, 15) is 9.59 Å². The number of hydrogen-bond donors (Lipinski definition) is 2. The van der Waals surface area contributed by atoms with Gasteiger partial charge in [0.15, 0.2) is 5.78 Å². The molecule has 7 heteroatoms. The summed E-state index contributed by atoms with van der Waals surface area (Å²) in [6.45, 7) is 4.74. The molecule has 0 unspecified atom stereocenters. The van der Waals surface area contributed by atoms with E-state index in [0.717, 1.165) is 38.4 Å². The topological polar surface area (TPSA) is 85.8 Å². The number of carbonyl (C=O) groups excluding carboxylic acids is 2. The van der Waals surface area contributed by atoms with Crippen molar-refractivity contribution >= 4 is 29.5 Å². The van der Waals surface area contributed by atoms with Crippen LogP contribution >= 0.6 is 0 Å². The van der Waals surface area contributed by atoms with Gasteiger partial charge in [0.2, 0.25) is 0 Å². The molecule has 0 radical (unpaired) electrons. The van der Waals surface area contributed by atoms with Crippen LogP contribution in [-0.2, 0) is 11.3 Å². The van der Waals surface area contributed by atoms with Gasteiger partial charge in [0, 0.05) is 50.1 Å². The summed E-state index contributed by atoms with van der Waals surface area (Å²) in [5, 5.41) is 8.56. The summed E-state index contributed by atoms with van der Waals surface area (Å²) in [5.74, 6) is -0.739. The zero-order chi connectivity index (χ0) is 24.5. The Balaban J connectivity index is 1.36. The first kappa shape index (κ1) is 24.1. The van der Waals surface area contributed by atoms with Crippen molar-refractivity contribution in [2.24, 2.45) is 0 Å². The molecule has 1 aliphatic heterocycles. The zero-order valence-electron chi connectivity index (χ0n) is 19.4. The summed E-state index contributed by atoms with van der Waals surface area (Å²) >= 11 is 0. The van der Waals surface area contributed by atoms with Crippen LogP contribution in [0.3, 0.4) is 0 Å². The maximum Gasteiger partial charge on any atom is 0.267 e. The summed E-state index contributed by atoms with van der Waals surface area (Å²) in [7, 11) is 0. The van der Waals surface area contributed by atoms with Crippen LogP contribution in [0.1, 0.15) is 27.3 Å². The molecular formula is C28H28N4O3. The molecule has 178 valence electrons. The molecule has 7 nitrogen and oxygen atoms in total. The van der Waals surface area contributed by atoms with E-state index in [1.165, 1.54) is 29.3 Å². The highest BCUT2D eigenvalue weighted by Crippen LogP contribution is 2.20. The third-order valence-electron chi connectivity index (χ3n) is 5.83. The first-order chi connectivity index (χ1) is 17.1. The van der Waals surface area contributed by atoms with E-state index in [-0.39, 0.29) is 5.78 Å². The average Bonchev–Trinajstić information content (AvgIpc) is 2.91. The number of benzene rings is 2. The van der Waals surface area contributed by atoms with Crippen molar-refractivity contribution < 1.29 is 14.8 Å². The first-order valence-corrected chi connectivity index (χ1v) is 11.5. The van der Waals surface area contributed by atoms with E-state index in [1.807, 2.05) is 30.3 Å². The second-order valence-electron chi connectivity index (χ2n) is 8.29. The largest absolute Gasteiger partial charge is 0.369 e. The number of hydrogen-bond acceptors (Lipinski definition) is 6. The lowest BCUT2D eigenvalue weighted by Gasteiger charge is -2.36. The lowest BCUT2D eigenvalue weighted by Crippen LogP contribution is -2.46. The molecule has 35 heavy (non-hydrogen) atoms. The minimum atomic E-state index is -0.639. The fraction of sp³-hybridized carbons (Fsp3) is 0.179. The van der Waals surface area contributed by atoms with E-state index in [4.69, 9.17) is 5.21 Å². The predicted octanol–water partition coefficient (Wildman–Crippen LogP) is 3.82. The summed E-state index contributed by atoms with van der Waals surface area (Å²) in [6.07, 6.45) is 5.82. The van der Waals surface area contributed by atoms with Crippen molar-refractivity contribution in [2.75, 3.05) is 31.1 Å². The summed E-state index contributed by atoms with van der Waals surface area (Å²) in [5.41, 5.74) is 5.67. The Kier molecular flexibility index (Phi) is 8.17. The molecule has 3 aromatic rings. The van der Waals surface area contributed by atoms with E-state index < -0.39 is 5.91 Å². The van der Waals surface area contributed by atoms with Gasteiger partial charge >= 0.3 is 0 Å². The molecule has 0 saturated carbocycles. The van der Waals surface area contributed by atoms with Crippen molar-refractivity contribution in [2.45, 2.75) is 6.54 Å². The lowest BCUT2D eigenvalue weighted by atomic mass is 10.1. The smallest absolute Gasteiger partial charge is 0.267 e. The van der Waals surface area contributed by atoms with E-state index >= 15 is 0 Å². The van der Waals surface area contributed by atoms with Gasteiger partial charge in [-0.2, -0.15) is 0 Å². The number of nitrogens with one attached hydrogen (secondary N) is 1. The standard InChI is InChI=1S/C28H28N4O3/c33-27(14-12-24-9-5-10-25(29-24)13-15-28(34)30-35)23-8-4-11-26(20-23)32-18-16-31(17-19-32)21-22-6-2-1-3-7-22/h1-15,20,35H,16-19,21H2,(H,30,34). The molecule has 1 amide bonds. The van der Waals surface area contributed by atoms with Gasteiger partial charge in [-0.15, -0.1) is 0 Å². The van der Waals surface area contributed by atoms with Crippen LogP contribution in [0, 0.1) is 0 Å². The first-order valence-electron chi connectivity index (χ1n) is 11.5. The zero-order valence-corrected chi connectivity index (χ0v) is 19.4. The summed E-state index contributed by atoms with van der Waals surface area (Å²) < 4.78 is 0. The van der Waals surface area contributed by atoms with Gasteiger partial charge in [0.25, 0.3) is 5.91 Å². The molecule has 2 N–H and O–H groups in total. The van der Waals surface area contributed by atoms with Gasteiger partial charge in [-0.3, -0.25) is 19.7 Å². The van der Waals surface area contributed by atoms with Crippen LogP contribution in [-0.4, -0.2) is 53.0 Å². The maximum atomic E-state index is 12.8. The van der Waals surface area contributed by atoms with Crippen LogP contribution < -0.4 is 10.4 Å². The molecule has 2 aromatic carbocycles. The van der Waals surface area contributed by atoms with Gasteiger partial charge in [0.05, 0.1) is 11.4 Å². The summed E-state index contributed by atoms with van der Waals surface area (Å²) in [4.78, 5) is 33.1. The van der Waals surface area contributed by atoms with Crippen molar-refractivity contribution in [1.29, 1.82) is 0 Å². The van der Waals surface area contributed by atoms with E-state index in [2.05, 4.69) is 39.0 Å². The van der Waals surface area contributed by atoms with Crippen LogP contribution in [0.2, 0.25) is 0 Å². The molecule has 1 saturated heterocycles. The number of piperazine rings is 1. The van der Waals surface area contributed by atoms with Gasteiger partial charge in [-0.1, -0.05) is 48.5 Å². The molecule has 1 aliphatic rings. The summed E-state index contributed by atoms with van der Waals surface area (Å²) in [6, 6.07) is 23.5. The molecule has 1 aromatic heterocycles. The second-order valence-corrected chi connectivity index (χ2v) is 8.29. The molecule has 0 aliphatic carbocycles. The highest BCUT2D eigenvalue weighted by Gasteiger charge is 2.18. The highest BCUT2D eigenvalue weighted by molar-refractivity contribution is 6.07. The van der Waals surface area contributed by atoms with Crippen molar-refractivity contribution in [3.05, 3.63) is 107 Å². The average molecular weight is 469 g/mol. The third-order valence-corrected chi connectivity index (χ3v) is 5.83. The molecule has 1 fully saturated rings. The van der Waals surface area contributed by atoms with E-state index in [1.54, 1.807) is 24.3 Å². The fourth-order valence-corrected chi connectivity index (χ4v) is 3.97. The van der Waals surface area contributed by atoms with E-state index in [0.29, 0.717) is 17.0 Å². The normalized spacial score (nSPS) is 14.5. The maximum absolute atomic E-state index is 12.8. The number of anilines is 1. The highest BCUT2D eigenvalue weighted by atomic mass is 16.5. The minimum absolute atomic E-state index is 0.100. The van der Waals surface area contributed by atoms with Crippen molar-refractivity contribution in [1.82, 2.24) is 15.4 Å². The predicted molar refractivity (Wildman–Crippen MR) is 137 cm³/mol. The minimum Gasteiger partial charge on any atom is -0.369 e. The van der Waals surface area contributed by atoms with Crippen molar-refractivity contribution in [3.8, 4) is 0 Å². The van der Waals surface area contributed by atoms with Gasteiger partial charge in [-0.25, -0.2) is 10.5 Å². The number of nitrogens with zero attached hydrogens (tertiary/aromatic N) is 3. The van der Waals surface area contributed by atoms with Gasteiger partial charge < -0.3 is 4.90 Å². The number of carbonyl (C=O) groups is 2. The number of rotatable bonds is 8. The van der Waals surface area contributed by atoms with Crippen LogP contribution in [0.5, 0.6) is 0 Å². The number of amides is 1. The SMILES string of the molecule is O=C(C=Cc1cccc(C=CC(=O)c2cccc(N3CCN(Cc4ccccc4)CC3)c2)n1)NO. The van der Waals surface area contributed by atoms with Crippen LogP contribution in [0.25, 0.3) is 12.2 Å². The monoisotopic (exact) mass is 468 g/mol. The third kappa shape index (κ3) is 6.96. The number of pyridine rings is 1. The molecular weight excluding hydrogens is 440 g/mol. The Morgan fingerprint density at radius 1 is 0.857 bits per heavy atom. The van der Waals surface area contributed by atoms with Gasteiger partial charge in [-0.05, 0) is 48.1 Å². The Morgan fingerprint density at radius 2 is 1.54 bits per heavy atom. The molecule has 4 rings (SSSR count). The Hall–Kier alpha value is -4.07. The van der Waals surface area contributed by atoms with Gasteiger partial charge in [0.1, 0.15) is 0 Å². The van der Waals surface area contributed by atoms with Crippen LogP contribution in [0.15, 0.2) is 84.9 Å². The number of aromatic nitrogens is 1. The molecule has 0 atom stereocenters. The quantitative estimate of drug-likeness (QED) is 0.226. The number of ketones is 1. The molecule has 0 bridgehead atoms. The number of hydroxylamine groups is 1. The fourth-order valence-electron chi connectivity index (χ4n) is 3.97. The second kappa shape index (κ2) is 11.9. The molecule has 0 spiro atoms. The van der Waals surface area contributed by atoms with Crippen molar-refractivity contribution in [3.63, 3.8) is 0 Å².